The summed E-state index contributed by atoms with van der Waals surface area (Å²) in [6.07, 6.45) is 1.38. The maximum Gasteiger partial charge on any atom is 0.330 e. The van der Waals surface area contributed by atoms with E-state index in [1.807, 2.05) is 9.80 Å². The lowest BCUT2D eigenvalue weighted by Crippen LogP contribution is -2.52. The number of hydrogen-bond donors (Lipinski definition) is 1. The number of hydrogen-bond acceptors (Lipinski definition) is 6. The van der Waals surface area contributed by atoms with Crippen molar-refractivity contribution in [1.29, 1.82) is 0 Å². The van der Waals surface area contributed by atoms with E-state index < -0.39 is 16.9 Å². The van der Waals surface area contributed by atoms with Gasteiger partial charge in [0.05, 0.1) is 4.92 Å². The lowest BCUT2D eigenvalue weighted by Gasteiger charge is -2.36. The molecule has 1 aromatic heterocycles. The molecule has 0 aromatic carbocycles. The van der Waals surface area contributed by atoms with Crippen LogP contribution in [0.2, 0.25) is 0 Å². The van der Waals surface area contributed by atoms with Crippen LogP contribution in [0.3, 0.4) is 0 Å². The quantitative estimate of drug-likeness (QED) is 0.608. The van der Waals surface area contributed by atoms with Crippen molar-refractivity contribution in [2.75, 3.05) is 31.1 Å². The van der Waals surface area contributed by atoms with Gasteiger partial charge in [-0.15, -0.1) is 5.10 Å². The standard InChI is InChI=1S/C11H17N5O4/c1-8(11(17)18)14-3-5-15(6-4-14)10-9(16(19)20)7-13(2)12-10/h7-8H,3-6H2,1-2H3,(H,17,18). The highest BCUT2D eigenvalue weighted by molar-refractivity contribution is 5.73. The number of nitro groups is 1. The molecule has 0 bridgehead atoms. The van der Waals surface area contributed by atoms with E-state index in [1.54, 1.807) is 14.0 Å². The predicted octanol–water partition coefficient (Wildman–Crippen LogP) is -0.0766. The molecule has 2 rings (SSSR count). The summed E-state index contributed by atoms with van der Waals surface area (Å²) in [5.74, 6) is -0.512. The molecule has 9 nitrogen and oxygen atoms in total. The lowest BCUT2D eigenvalue weighted by atomic mass is 10.2. The Morgan fingerprint density at radius 2 is 2.05 bits per heavy atom. The normalized spacial score (nSPS) is 18.0. The van der Waals surface area contributed by atoms with E-state index in [1.165, 1.54) is 10.9 Å². The van der Waals surface area contributed by atoms with Gasteiger partial charge in [0.15, 0.2) is 0 Å². The fraction of sp³-hybridized carbons (Fsp3) is 0.636. The molecule has 0 aliphatic carbocycles. The van der Waals surface area contributed by atoms with E-state index in [-0.39, 0.29) is 5.69 Å². The van der Waals surface area contributed by atoms with Gasteiger partial charge in [0, 0.05) is 33.2 Å². The molecule has 110 valence electrons. The maximum atomic E-state index is 11.0. The molecule has 1 N–H and O–H groups in total. The number of aromatic nitrogens is 2. The van der Waals surface area contributed by atoms with Crippen molar-refractivity contribution in [3.05, 3.63) is 16.3 Å². The number of carbonyl (C=O) groups is 1. The molecule has 0 amide bonds. The van der Waals surface area contributed by atoms with Crippen molar-refractivity contribution in [2.24, 2.45) is 7.05 Å². The number of carboxylic acid groups (broad SMARTS) is 1. The van der Waals surface area contributed by atoms with Gasteiger partial charge in [-0.25, -0.2) is 0 Å². The molecular formula is C11H17N5O4. The summed E-state index contributed by atoms with van der Waals surface area (Å²) in [5.41, 5.74) is -0.0211. The summed E-state index contributed by atoms with van der Waals surface area (Å²) in [6.45, 7) is 3.77. The van der Waals surface area contributed by atoms with Gasteiger partial charge in [0.2, 0.25) is 5.82 Å². The summed E-state index contributed by atoms with van der Waals surface area (Å²) < 4.78 is 1.42. The van der Waals surface area contributed by atoms with Crippen LogP contribution in [0.15, 0.2) is 6.20 Å². The third-order valence-electron chi connectivity index (χ3n) is 3.51. The minimum absolute atomic E-state index is 0.0211. The van der Waals surface area contributed by atoms with Gasteiger partial charge in [-0.3, -0.25) is 24.5 Å². The molecular weight excluding hydrogens is 266 g/mol. The molecule has 1 saturated heterocycles. The van der Waals surface area contributed by atoms with Crippen LogP contribution in [0.25, 0.3) is 0 Å². The fourth-order valence-electron chi connectivity index (χ4n) is 2.30. The van der Waals surface area contributed by atoms with E-state index in [0.29, 0.717) is 32.0 Å². The molecule has 2 heterocycles. The first-order valence-electron chi connectivity index (χ1n) is 6.30. The molecule has 1 aliphatic rings. The smallest absolute Gasteiger partial charge is 0.330 e. The molecule has 0 radical (unpaired) electrons. The number of nitrogens with zero attached hydrogens (tertiary/aromatic N) is 5. The third kappa shape index (κ3) is 2.72. The first-order chi connectivity index (χ1) is 9.40. The number of piperazine rings is 1. The summed E-state index contributed by atoms with van der Waals surface area (Å²) >= 11 is 0. The Morgan fingerprint density at radius 3 is 2.55 bits per heavy atom. The topological polar surface area (TPSA) is 105 Å². The Kier molecular flexibility index (Phi) is 3.89. The summed E-state index contributed by atoms with van der Waals surface area (Å²) in [6, 6.07) is -0.545. The van der Waals surface area contributed by atoms with Gasteiger partial charge in [0.25, 0.3) is 0 Å². The summed E-state index contributed by atoms with van der Waals surface area (Å²) in [7, 11) is 1.64. The predicted molar refractivity (Wildman–Crippen MR) is 70.7 cm³/mol. The van der Waals surface area contributed by atoms with Crippen LogP contribution >= 0.6 is 0 Å². The van der Waals surface area contributed by atoms with Crippen LogP contribution in [-0.2, 0) is 11.8 Å². The monoisotopic (exact) mass is 283 g/mol. The second-order valence-electron chi connectivity index (χ2n) is 4.81. The first kappa shape index (κ1) is 14.3. The molecule has 1 unspecified atom stereocenters. The van der Waals surface area contributed by atoms with E-state index in [0.717, 1.165) is 0 Å². The first-order valence-corrected chi connectivity index (χ1v) is 6.30. The zero-order chi connectivity index (χ0) is 14.9. The molecule has 1 aliphatic heterocycles. The van der Waals surface area contributed by atoms with Gasteiger partial charge < -0.3 is 10.0 Å². The van der Waals surface area contributed by atoms with Crippen molar-refractivity contribution >= 4 is 17.5 Å². The van der Waals surface area contributed by atoms with E-state index in [2.05, 4.69) is 5.10 Å². The van der Waals surface area contributed by atoms with Crippen LogP contribution < -0.4 is 4.90 Å². The fourth-order valence-corrected chi connectivity index (χ4v) is 2.30. The van der Waals surface area contributed by atoms with E-state index >= 15 is 0 Å². The number of carboxylic acids is 1. The molecule has 0 saturated carbocycles. The number of anilines is 1. The molecule has 0 spiro atoms. The lowest BCUT2D eigenvalue weighted by molar-refractivity contribution is -0.384. The zero-order valence-electron chi connectivity index (χ0n) is 11.4. The second kappa shape index (κ2) is 5.45. The van der Waals surface area contributed by atoms with Crippen LogP contribution in [0.4, 0.5) is 11.5 Å². The van der Waals surface area contributed by atoms with Crippen molar-refractivity contribution in [2.45, 2.75) is 13.0 Å². The Bertz CT molecular complexity index is 521. The second-order valence-corrected chi connectivity index (χ2v) is 4.81. The average Bonchev–Trinajstić information content (AvgIpc) is 2.80. The van der Waals surface area contributed by atoms with Crippen molar-refractivity contribution in [3.8, 4) is 0 Å². The molecule has 1 fully saturated rings. The van der Waals surface area contributed by atoms with Gasteiger partial charge >= 0.3 is 11.7 Å². The Hall–Kier alpha value is -2.16. The minimum Gasteiger partial charge on any atom is -0.480 e. The molecule has 20 heavy (non-hydrogen) atoms. The molecule has 1 atom stereocenters. The van der Waals surface area contributed by atoms with Crippen molar-refractivity contribution in [1.82, 2.24) is 14.7 Å². The number of aliphatic carboxylic acids is 1. The zero-order valence-corrected chi connectivity index (χ0v) is 11.4. The average molecular weight is 283 g/mol. The highest BCUT2D eigenvalue weighted by atomic mass is 16.6. The van der Waals surface area contributed by atoms with Crippen LogP contribution in [0, 0.1) is 10.1 Å². The Labute approximate surface area is 115 Å². The maximum absolute atomic E-state index is 11.0. The number of aryl methyl sites for hydroxylation is 1. The van der Waals surface area contributed by atoms with Crippen molar-refractivity contribution in [3.63, 3.8) is 0 Å². The van der Waals surface area contributed by atoms with Crippen LogP contribution in [0.1, 0.15) is 6.92 Å². The SMILES string of the molecule is CC(C(=O)O)N1CCN(c2nn(C)cc2[N+](=O)[O-])CC1. The Morgan fingerprint density at radius 1 is 1.45 bits per heavy atom. The van der Waals surface area contributed by atoms with Gasteiger partial charge in [-0.1, -0.05) is 0 Å². The van der Waals surface area contributed by atoms with Gasteiger partial charge in [0.1, 0.15) is 12.2 Å². The van der Waals surface area contributed by atoms with E-state index in [4.69, 9.17) is 5.11 Å². The van der Waals surface area contributed by atoms with Crippen LogP contribution in [-0.4, -0.2) is 62.9 Å². The van der Waals surface area contributed by atoms with Crippen molar-refractivity contribution < 1.29 is 14.8 Å². The molecule has 9 heteroatoms. The Balaban J connectivity index is 2.08. The number of rotatable bonds is 4. The van der Waals surface area contributed by atoms with Gasteiger partial charge in [-0.05, 0) is 6.92 Å². The van der Waals surface area contributed by atoms with E-state index in [9.17, 15) is 14.9 Å². The summed E-state index contributed by atoms with van der Waals surface area (Å²) in [4.78, 5) is 25.1. The third-order valence-corrected chi connectivity index (χ3v) is 3.51. The van der Waals surface area contributed by atoms with Gasteiger partial charge in [-0.2, -0.15) is 0 Å². The van der Waals surface area contributed by atoms with Crippen LogP contribution in [0.5, 0.6) is 0 Å². The summed E-state index contributed by atoms with van der Waals surface area (Å²) in [5, 5.41) is 24.1. The largest absolute Gasteiger partial charge is 0.480 e. The molecule has 1 aromatic rings. The highest BCUT2D eigenvalue weighted by Crippen LogP contribution is 2.26. The minimum atomic E-state index is -0.859. The highest BCUT2D eigenvalue weighted by Gasteiger charge is 2.30.